The molecule has 0 fully saturated rings. The molecule has 3 heteroatoms. The van der Waals surface area contributed by atoms with Crippen LogP contribution in [0.15, 0.2) is 18.2 Å². The van der Waals surface area contributed by atoms with Crippen molar-refractivity contribution in [2.75, 3.05) is 13.2 Å². The number of halogens is 1. The molecule has 1 aromatic rings. The van der Waals surface area contributed by atoms with Gasteiger partial charge in [-0.25, -0.2) is 4.39 Å². The normalized spacial score (nSPS) is 11.8. The first kappa shape index (κ1) is 13.1. The van der Waals surface area contributed by atoms with E-state index < -0.39 is 0 Å². The van der Waals surface area contributed by atoms with E-state index >= 15 is 0 Å². The van der Waals surface area contributed by atoms with Crippen LogP contribution in [0.2, 0.25) is 0 Å². The number of benzene rings is 1. The molecular weight excluding hydrogens is 205 g/mol. The van der Waals surface area contributed by atoms with Gasteiger partial charge in [-0.05, 0) is 50.9 Å². The van der Waals surface area contributed by atoms with Crippen LogP contribution in [-0.4, -0.2) is 23.8 Å². The first-order valence-electron chi connectivity index (χ1n) is 5.55. The van der Waals surface area contributed by atoms with Crippen molar-refractivity contribution in [3.8, 4) is 0 Å². The van der Waals surface area contributed by atoms with Crippen molar-refractivity contribution in [3.63, 3.8) is 0 Å². The minimum atomic E-state index is -0.255. The number of aliphatic hydroxyl groups excluding tert-OH is 1. The molecule has 2 nitrogen and oxygen atoms in total. The van der Waals surface area contributed by atoms with Gasteiger partial charge in [-0.1, -0.05) is 12.1 Å². The molecule has 0 aliphatic rings. The summed E-state index contributed by atoms with van der Waals surface area (Å²) in [6, 6.07) is 5.17. The minimum Gasteiger partial charge on any atom is -0.394 e. The predicted octanol–water partition coefficient (Wildman–Crippen LogP) is 2.04. The maximum Gasteiger partial charge on any atom is 0.126 e. The molecule has 0 spiro atoms. The smallest absolute Gasteiger partial charge is 0.126 e. The van der Waals surface area contributed by atoms with Crippen molar-refractivity contribution in [3.05, 3.63) is 35.1 Å². The van der Waals surface area contributed by atoms with E-state index in [1.54, 1.807) is 13.0 Å². The van der Waals surface area contributed by atoms with Gasteiger partial charge in [-0.15, -0.1) is 0 Å². The molecule has 0 saturated heterocycles. The van der Waals surface area contributed by atoms with Gasteiger partial charge in [0, 0.05) is 5.54 Å². The highest BCUT2D eigenvalue weighted by Gasteiger charge is 2.14. The molecule has 90 valence electrons. The molecule has 2 N–H and O–H groups in total. The Balaban J connectivity index is 2.46. The fraction of sp³-hybridized carbons (Fsp3) is 0.538. The lowest BCUT2D eigenvalue weighted by molar-refractivity contribution is 0.189. The van der Waals surface area contributed by atoms with Crippen LogP contribution >= 0.6 is 0 Å². The Hall–Kier alpha value is -0.930. The lowest BCUT2D eigenvalue weighted by atomic mass is 10.1. The van der Waals surface area contributed by atoms with Gasteiger partial charge in [0.2, 0.25) is 0 Å². The van der Waals surface area contributed by atoms with Crippen molar-refractivity contribution in [2.24, 2.45) is 0 Å². The minimum absolute atomic E-state index is 0.107. The molecule has 0 aliphatic carbocycles. The molecule has 0 heterocycles. The van der Waals surface area contributed by atoms with Gasteiger partial charge in [0.25, 0.3) is 0 Å². The fourth-order valence-electron chi connectivity index (χ4n) is 1.46. The van der Waals surface area contributed by atoms with E-state index in [0.717, 1.165) is 18.5 Å². The standard InChI is InChI=1S/C13H20FNO/c1-10-8-11(4-5-12(10)14)6-7-15-13(2,3)9-16/h4-5,8,15-16H,6-7,9H2,1-3H3. The molecule has 0 saturated carbocycles. The maximum absolute atomic E-state index is 13.0. The highest BCUT2D eigenvalue weighted by molar-refractivity contribution is 5.24. The molecule has 16 heavy (non-hydrogen) atoms. The third kappa shape index (κ3) is 3.91. The van der Waals surface area contributed by atoms with Gasteiger partial charge < -0.3 is 10.4 Å². The zero-order chi connectivity index (χ0) is 12.2. The molecular formula is C13H20FNO. The number of nitrogens with one attached hydrogen (secondary N) is 1. The summed E-state index contributed by atoms with van der Waals surface area (Å²) in [5.41, 5.74) is 1.54. The fourth-order valence-corrected chi connectivity index (χ4v) is 1.46. The lowest BCUT2D eigenvalue weighted by Gasteiger charge is -2.23. The Morgan fingerprint density at radius 1 is 1.38 bits per heavy atom. The van der Waals surface area contributed by atoms with Crippen molar-refractivity contribution in [1.29, 1.82) is 0 Å². The van der Waals surface area contributed by atoms with Crippen molar-refractivity contribution in [2.45, 2.75) is 32.7 Å². The third-order valence-corrected chi connectivity index (χ3v) is 2.63. The zero-order valence-electron chi connectivity index (χ0n) is 10.2. The summed E-state index contributed by atoms with van der Waals surface area (Å²) in [5.74, 6) is -0.160. The Labute approximate surface area is 96.5 Å². The third-order valence-electron chi connectivity index (χ3n) is 2.63. The maximum atomic E-state index is 13.0. The van der Waals surface area contributed by atoms with Gasteiger partial charge in [0.05, 0.1) is 6.61 Å². The molecule has 0 atom stereocenters. The largest absolute Gasteiger partial charge is 0.394 e. The van der Waals surface area contributed by atoms with Crippen LogP contribution in [-0.2, 0) is 6.42 Å². The number of rotatable bonds is 5. The summed E-state index contributed by atoms with van der Waals surface area (Å²) < 4.78 is 13.0. The molecule has 0 unspecified atom stereocenters. The summed E-state index contributed by atoms with van der Waals surface area (Å²) in [6.45, 7) is 6.55. The molecule has 0 aliphatic heterocycles. The first-order valence-corrected chi connectivity index (χ1v) is 5.55. The van der Waals surface area contributed by atoms with Crippen LogP contribution in [0.25, 0.3) is 0 Å². The van der Waals surface area contributed by atoms with Gasteiger partial charge in [-0.3, -0.25) is 0 Å². The molecule has 0 radical (unpaired) electrons. The van der Waals surface area contributed by atoms with Gasteiger partial charge in [0.1, 0.15) is 5.82 Å². The SMILES string of the molecule is Cc1cc(CCNC(C)(C)CO)ccc1F. The average Bonchev–Trinajstić information content (AvgIpc) is 2.23. The van der Waals surface area contributed by atoms with Crippen LogP contribution in [0.5, 0.6) is 0 Å². The summed E-state index contributed by atoms with van der Waals surface area (Å²) in [6.07, 6.45) is 0.838. The van der Waals surface area contributed by atoms with Crippen LogP contribution in [0, 0.1) is 12.7 Å². The van der Waals surface area contributed by atoms with E-state index in [-0.39, 0.29) is 18.0 Å². The average molecular weight is 225 g/mol. The van der Waals surface area contributed by atoms with Gasteiger partial charge in [0.15, 0.2) is 0 Å². The quantitative estimate of drug-likeness (QED) is 0.803. The highest BCUT2D eigenvalue weighted by atomic mass is 19.1. The Kier molecular flexibility index (Phi) is 4.44. The Morgan fingerprint density at radius 3 is 2.62 bits per heavy atom. The molecule has 0 bridgehead atoms. The van der Waals surface area contributed by atoms with Crippen LogP contribution < -0.4 is 5.32 Å². The van der Waals surface area contributed by atoms with Crippen molar-refractivity contribution >= 4 is 0 Å². The molecule has 1 aromatic carbocycles. The van der Waals surface area contributed by atoms with Crippen LogP contribution in [0.1, 0.15) is 25.0 Å². The Bertz CT molecular complexity index is 350. The molecule has 0 amide bonds. The second-order valence-corrected chi connectivity index (χ2v) is 4.80. The highest BCUT2D eigenvalue weighted by Crippen LogP contribution is 2.10. The summed E-state index contributed by atoms with van der Waals surface area (Å²) in [5, 5.41) is 12.3. The summed E-state index contributed by atoms with van der Waals surface area (Å²) in [7, 11) is 0. The van der Waals surface area contributed by atoms with E-state index in [1.807, 2.05) is 19.9 Å². The molecule has 1 rings (SSSR count). The Morgan fingerprint density at radius 2 is 2.06 bits per heavy atom. The monoisotopic (exact) mass is 225 g/mol. The van der Waals surface area contributed by atoms with E-state index in [9.17, 15) is 4.39 Å². The number of aryl methyl sites for hydroxylation is 1. The first-order chi connectivity index (χ1) is 7.44. The van der Waals surface area contributed by atoms with Crippen molar-refractivity contribution < 1.29 is 9.50 Å². The number of hydrogen-bond acceptors (Lipinski definition) is 2. The summed E-state index contributed by atoms with van der Waals surface area (Å²) in [4.78, 5) is 0. The second kappa shape index (κ2) is 5.41. The zero-order valence-corrected chi connectivity index (χ0v) is 10.2. The number of aliphatic hydroxyl groups is 1. The number of hydrogen-bond donors (Lipinski definition) is 2. The predicted molar refractivity (Wildman–Crippen MR) is 64.0 cm³/mol. The van der Waals surface area contributed by atoms with Gasteiger partial charge in [-0.2, -0.15) is 0 Å². The van der Waals surface area contributed by atoms with Crippen LogP contribution in [0.3, 0.4) is 0 Å². The second-order valence-electron chi connectivity index (χ2n) is 4.80. The van der Waals surface area contributed by atoms with Crippen LogP contribution in [0.4, 0.5) is 4.39 Å². The van der Waals surface area contributed by atoms with E-state index in [1.165, 1.54) is 6.07 Å². The van der Waals surface area contributed by atoms with Crippen molar-refractivity contribution in [1.82, 2.24) is 5.32 Å². The van der Waals surface area contributed by atoms with E-state index in [2.05, 4.69) is 5.32 Å². The topological polar surface area (TPSA) is 32.3 Å². The summed E-state index contributed by atoms with van der Waals surface area (Å²) >= 11 is 0. The lowest BCUT2D eigenvalue weighted by Crippen LogP contribution is -2.43. The van der Waals surface area contributed by atoms with E-state index in [4.69, 9.17) is 5.11 Å². The molecule has 0 aromatic heterocycles. The van der Waals surface area contributed by atoms with E-state index in [0.29, 0.717) is 5.56 Å². The van der Waals surface area contributed by atoms with Gasteiger partial charge >= 0.3 is 0 Å².